The first-order valence-electron chi connectivity index (χ1n) is 5.15. The number of ether oxygens (including phenoxy) is 1. The molecule has 1 saturated heterocycles. The fraction of sp³-hybridized carbons (Fsp3) is 1.00. The van der Waals surface area contributed by atoms with Crippen LogP contribution in [0.25, 0.3) is 0 Å². The monoisotopic (exact) mass is 187 g/mol. The van der Waals surface area contributed by atoms with E-state index in [1.807, 2.05) is 0 Å². The molecular formula is C10H21NO2. The fourth-order valence-corrected chi connectivity index (χ4v) is 1.91. The van der Waals surface area contributed by atoms with Crippen LogP contribution in [-0.4, -0.2) is 36.0 Å². The van der Waals surface area contributed by atoms with Crippen LogP contribution in [0.5, 0.6) is 0 Å². The largest absolute Gasteiger partial charge is 0.392 e. The van der Waals surface area contributed by atoms with Gasteiger partial charge in [-0.2, -0.15) is 0 Å². The maximum Gasteiger partial charge on any atom is 0.0636 e. The van der Waals surface area contributed by atoms with Crippen molar-refractivity contribution in [2.45, 2.75) is 58.0 Å². The van der Waals surface area contributed by atoms with Gasteiger partial charge in [0.1, 0.15) is 0 Å². The average Bonchev–Trinajstić information content (AvgIpc) is 1.99. The number of rotatable bonds is 3. The first-order valence-corrected chi connectivity index (χ1v) is 5.15. The standard InChI is InChI=1S/C10H21NO2/c1-7(12)6-11-10-4-8(2)13-9(3)5-10/h7-12H,4-6H2,1-3H3/t7-,8+,9+/m1/s1. The second kappa shape index (κ2) is 4.94. The maximum atomic E-state index is 9.12. The third-order valence-electron chi connectivity index (χ3n) is 2.40. The van der Waals surface area contributed by atoms with Crippen molar-refractivity contribution >= 4 is 0 Å². The SMILES string of the molecule is C[C@@H](O)CNC1C[C@H](C)O[C@@H](C)C1. The van der Waals surface area contributed by atoms with Crippen LogP contribution in [0, 0.1) is 0 Å². The van der Waals surface area contributed by atoms with Gasteiger partial charge in [0.15, 0.2) is 0 Å². The van der Waals surface area contributed by atoms with Crippen molar-refractivity contribution in [2.75, 3.05) is 6.54 Å². The van der Waals surface area contributed by atoms with Gasteiger partial charge in [-0.3, -0.25) is 0 Å². The summed E-state index contributed by atoms with van der Waals surface area (Å²) in [5.74, 6) is 0. The highest BCUT2D eigenvalue weighted by Gasteiger charge is 2.23. The summed E-state index contributed by atoms with van der Waals surface area (Å²) in [7, 11) is 0. The Kier molecular flexibility index (Phi) is 4.16. The third-order valence-corrected chi connectivity index (χ3v) is 2.40. The van der Waals surface area contributed by atoms with Crippen molar-refractivity contribution in [2.24, 2.45) is 0 Å². The smallest absolute Gasteiger partial charge is 0.0636 e. The molecule has 0 aromatic heterocycles. The number of nitrogens with one attached hydrogen (secondary N) is 1. The summed E-state index contributed by atoms with van der Waals surface area (Å²) in [5, 5.41) is 12.5. The molecule has 0 radical (unpaired) electrons. The van der Waals surface area contributed by atoms with Crippen molar-refractivity contribution in [1.29, 1.82) is 0 Å². The highest BCUT2D eigenvalue weighted by atomic mass is 16.5. The summed E-state index contributed by atoms with van der Waals surface area (Å²) in [6, 6.07) is 0.508. The summed E-state index contributed by atoms with van der Waals surface area (Å²) in [5.41, 5.74) is 0. The molecule has 3 nitrogen and oxygen atoms in total. The number of hydrogen-bond acceptors (Lipinski definition) is 3. The molecule has 0 aromatic carbocycles. The first-order chi connectivity index (χ1) is 6.08. The molecular weight excluding hydrogens is 166 g/mol. The Morgan fingerprint density at radius 1 is 1.38 bits per heavy atom. The van der Waals surface area contributed by atoms with E-state index in [9.17, 15) is 0 Å². The van der Waals surface area contributed by atoms with Crippen LogP contribution in [0.2, 0.25) is 0 Å². The Morgan fingerprint density at radius 2 is 1.92 bits per heavy atom. The molecule has 1 fully saturated rings. The molecule has 1 aliphatic rings. The predicted octanol–water partition coefficient (Wildman–Crippen LogP) is 0.913. The van der Waals surface area contributed by atoms with Crippen LogP contribution in [0.4, 0.5) is 0 Å². The van der Waals surface area contributed by atoms with Crippen molar-refractivity contribution in [3.8, 4) is 0 Å². The molecule has 0 aliphatic carbocycles. The molecule has 0 bridgehead atoms. The van der Waals surface area contributed by atoms with Crippen molar-refractivity contribution in [3.63, 3.8) is 0 Å². The zero-order valence-electron chi connectivity index (χ0n) is 8.79. The van der Waals surface area contributed by atoms with E-state index in [2.05, 4.69) is 19.2 Å². The van der Waals surface area contributed by atoms with E-state index >= 15 is 0 Å². The van der Waals surface area contributed by atoms with Gasteiger partial charge >= 0.3 is 0 Å². The van der Waals surface area contributed by atoms with E-state index in [0.29, 0.717) is 24.8 Å². The fourth-order valence-electron chi connectivity index (χ4n) is 1.91. The highest BCUT2D eigenvalue weighted by molar-refractivity contribution is 4.78. The van der Waals surface area contributed by atoms with Crippen LogP contribution in [-0.2, 0) is 4.74 Å². The molecule has 1 aliphatic heterocycles. The summed E-state index contributed by atoms with van der Waals surface area (Å²) in [6.07, 6.45) is 2.53. The number of aliphatic hydroxyl groups excluding tert-OH is 1. The van der Waals surface area contributed by atoms with E-state index in [0.717, 1.165) is 12.8 Å². The lowest BCUT2D eigenvalue weighted by Gasteiger charge is -2.32. The molecule has 3 heteroatoms. The van der Waals surface area contributed by atoms with E-state index in [4.69, 9.17) is 9.84 Å². The number of hydrogen-bond donors (Lipinski definition) is 2. The van der Waals surface area contributed by atoms with Gasteiger partial charge in [0.2, 0.25) is 0 Å². The van der Waals surface area contributed by atoms with Gasteiger partial charge < -0.3 is 15.2 Å². The Labute approximate surface area is 80.5 Å². The zero-order valence-corrected chi connectivity index (χ0v) is 8.79. The van der Waals surface area contributed by atoms with Crippen LogP contribution in [0.1, 0.15) is 33.6 Å². The van der Waals surface area contributed by atoms with Gasteiger partial charge in [-0.1, -0.05) is 0 Å². The first kappa shape index (κ1) is 11.0. The quantitative estimate of drug-likeness (QED) is 0.690. The molecule has 2 N–H and O–H groups in total. The van der Waals surface area contributed by atoms with Gasteiger partial charge in [0.25, 0.3) is 0 Å². The Bertz CT molecular complexity index is 140. The third kappa shape index (κ3) is 4.07. The molecule has 1 rings (SSSR count). The molecule has 78 valence electrons. The van der Waals surface area contributed by atoms with Crippen LogP contribution < -0.4 is 5.32 Å². The van der Waals surface area contributed by atoms with E-state index < -0.39 is 0 Å². The zero-order chi connectivity index (χ0) is 9.84. The minimum Gasteiger partial charge on any atom is -0.392 e. The Hall–Kier alpha value is -0.120. The van der Waals surface area contributed by atoms with Crippen molar-refractivity contribution in [1.82, 2.24) is 5.32 Å². The van der Waals surface area contributed by atoms with Gasteiger partial charge in [0, 0.05) is 12.6 Å². The summed E-state index contributed by atoms with van der Waals surface area (Å²) < 4.78 is 5.62. The number of aliphatic hydroxyl groups is 1. The molecule has 0 saturated carbocycles. The van der Waals surface area contributed by atoms with E-state index in [1.165, 1.54) is 0 Å². The van der Waals surface area contributed by atoms with E-state index in [-0.39, 0.29) is 6.10 Å². The lowest BCUT2D eigenvalue weighted by atomic mass is 10.00. The lowest BCUT2D eigenvalue weighted by molar-refractivity contribution is -0.0431. The summed E-state index contributed by atoms with van der Waals surface area (Å²) >= 11 is 0. The molecule has 0 amide bonds. The molecule has 0 aromatic rings. The van der Waals surface area contributed by atoms with Crippen LogP contribution >= 0.6 is 0 Å². The van der Waals surface area contributed by atoms with Crippen molar-refractivity contribution < 1.29 is 9.84 Å². The summed E-state index contributed by atoms with van der Waals surface area (Å²) in [4.78, 5) is 0. The van der Waals surface area contributed by atoms with E-state index in [1.54, 1.807) is 6.92 Å². The van der Waals surface area contributed by atoms with Gasteiger partial charge in [-0.05, 0) is 33.6 Å². The topological polar surface area (TPSA) is 41.5 Å². The minimum absolute atomic E-state index is 0.256. The maximum absolute atomic E-state index is 9.12. The Morgan fingerprint density at radius 3 is 2.38 bits per heavy atom. The van der Waals surface area contributed by atoms with Crippen molar-refractivity contribution in [3.05, 3.63) is 0 Å². The normalized spacial score (nSPS) is 37.4. The predicted molar refractivity (Wildman–Crippen MR) is 52.7 cm³/mol. The second-order valence-electron chi connectivity index (χ2n) is 4.18. The Balaban J connectivity index is 2.25. The minimum atomic E-state index is -0.256. The van der Waals surface area contributed by atoms with Crippen LogP contribution in [0.15, 0.2) is 0 Å². The van der Waals surface area contributed by atoms with Gasteiger partial charge in [0.05, 0.1) is 18.3 Å². The molecule has 0 unspecified atom stereocenters. The lowest BCUT2D eigenvalue weighted by Crippen LogP contribution is -2.43. The molecule has 0 spiro atoms. The summed E-state index contributed by atoms with van der Waals surface area (Å²) in [6.45, 7) is 6.70. The van der Waals surface area contributed by atoms with Crippen LogP contribution in [0.3, 0.4) is 0 Å². The van der Waals surface area contributed by atoms with Gasteiger partial charge in [-0.25, -0.2) is 0 Å². The second-order valence-corrected chi connectivity index (χ2v) is 4.18. The van der Waals surface area contributed by atoms with Gasteiger partial charge in [-0.15, -0.1) is 0 Å². The molecule has 13 heavy (non-hydrogen) atoms. The average molecular weight is 187 g/mol. The highest BCUT2D eigenvalue weighted by Crippen LogP contribution is 2.18. The molecule has 3 atom stereocenters. The molecule has 1 heterocycles.